The van der Waals surface area contributed by atoms with Gasteiger partial charge in [-0.3, -0.25) is 0 Å². The summed E-state index contributed by atoms with van der Waals surface area (Å²) in [6.45, 7) is 1.18. The molecule has 0 aromatic rings. The van der Waals surface area contributed by atoms with Gasteiger partial charge in [-0.2, -0.15) is 0 Å². The standard InChI is InChI=1S/C7H14N2/c8-7(3-4-7)6-2-1-5-9-6/h6,9H,1-5,8H2. The molecule has 1 unspecified atom stereocenters. The van der Waals surface area contributed by atoms with E-state index in [9.17, 15) is 0 Å². The van der Waals surface area contributed by atoms with Crippen molar-refractivity contribution in [3.8, 4) is 0 Å². The van der Waals surface area contributed by atoms with Crippen LogP contribution in [0.1, 0.15) is 25.7 Å². The lowest BCUT2D eigenvalue weighted by molar-refractivity contribution is 0.471. The van der Waals surface area contributed by atoms with Gasteiger partial charge in [-0.25, -0.2) is 0 Å². The average molecular weight is 126 g/mol. The van der Waals surface area contributed by atoms with Crippen molar-refractivity contribution in [3.05, 3.63) is 0 Å². The largest absolute Gasteiger partial charge is 0.324 e. The summed E-state index contributed by atoms with van der Waals surface area (Å²) in [6.07, 6.45) is 5.11. The highest BCUT2D eigenvalue weighted by atomic mass is 15.0. The van der Waals surface area contributed by atoms with E-state index in [1.807, 2.05) is 0 Å². The van der Waals surface area contributed by atoms with Crippen LogP contribution in [0.3, 0.4) is 0 Å². The highest BCUT2D eigenvalue weighted by Crippen LogP contribution is 2.38. The van der Waals surface area contributed by atoms with E-state index in [2.05, 4.69) is 5.32 Å². The van der Waals surface area contributed by atoms with Gasteiger partial charge >= 0.3 is 0 Å². The molecule has 3 N–H and O–H groups in total. The van der Waals surface area contributed by atoms with Gasteiger partial charge in [-0.1, -0.05) is 0 Å². The summed E-state index contributed by atoms with van der Waals surface area (Å²) < 4.78 is 0. The highest BCUT2D eigenvalue weighted by Gasteiger charge is 2.46. The van der Waals surface area contributed by atoms with Gasteiger partial charge in [0.2, 0.25) is 0 Å². The maximum absolute atomic E-state index is 5.99. The Morgan fingerprint density at radius 2 is 2.22 bits per heavy atom. The lowest BCUT2D eigenvalue weighted by Gasteiger charge is -2.16. The zero-order valence-electron chi connectivity index (χ0n) is 5.69. The van der Waals surface area contributed by atoms with E-state index in [1.165, 1.54) is 32.2 Å². The molecule has 9 heavy (non-hydrogen) atoms. The van der Waals surface area contributed by atoms with Crippen LogP contribution in [0.25, 0.3) is 0 Å². The van der Waals surface area contributed by atoms with Crippen molar-refractivity contribution in [2.24, 2.45) is 5.73 Å². The first kappa shape index (κ1) is 5.69. The average Bonchev–Trinajstić information content (AvgIpc) is 2.46. The molecule has 0 bridgehead atoms. The van der Waals surface area contributed by atoms with Crippen LogP contribution in [0.2, 0.25) is 0 Å². The molecule has 0 aromatic carbocycles. The van der Waals surface area contributed by atoms with Gasteiger partial charge < -0.3 is 11.1 Å². The second-order valence-corrected chi connectivity index (χ2v) is 3.38. The molecule has 1 atom stereocenters. The van der Waals surface area contributed by atoms with Crippen LogP contribution in [0, 0.1) is 0 Å². The Labute approximate surface area is 55.8 Å². The molecule has 0 aromatic heterocycles. The van der Waals surface area contributed by atoms with Crippen LogP contribution in [-0.4, -0.2) is 18.1 Å². The van der Waals surface area contributed by atoms with E-state index in [-0.39, 0.29) is 5.54 Å². The summed E-state index contributed by atoms with van der Waals surface area (Å²) in [5, 5.41) is 3.43. The molecule has 0 radical (unpaired) electrons. The van der Waals surface area contributed by atoms with Gasteiger partial charge in [-0.15, -0.1) is 0 Å². The lowest BCUT2D eigenvalue weighted by Crippen LogP contribution is -2.43. The van der Waals surface area contributed by atoms with Gasteiger partial charge in [0.1, 0.15) is 0 Å². The monoisotopic (exact) mass is 126 g/mol. The Bertz CT molecular complexity index is 112. The lowest BCUT2D eigenvalue weighted by atomic mass is 10.1. The fraction of sp³-hybridized carbons (Fsp3) is 1.00. The van der Waals surface area contributed by atoms with E-state index in [4.69, 9.17) is 5.73 Å². The molecular weight excluding hydrogens is 112 g/mol. The molecule has 0 amide bonds. The molecule has 1 aliphatic carbocycles. The van der Waals surface area contributed by atoms with Gasteiger partial charge in [0.05, 0.1) is 0 Å². The summed E-state index contributed by atoms with van der Waals surface area (Å²) >= 11 is 0. The summed E-state index contributed by atoms with van der Waals surface area (Å²) in [6, 6.07) is 0.650. The zero-order valence-corrected chi connectivity index (χ0v) is 5.69. The van der Waals surface area contributed by atoms with Crippen molar-refractivity contribution >= 4 is 0 Å². The van der Waals surface area contributed by atoms with Gasteiger partial charge in [0.15, 0.2) is 0 Å². The Morgan fingerprint density at radius 1 is 1.44 bits per heavy atom. The normalized spacial score (nSPS) is 39.0. The minimum absolute atomic E-state index is 0.219. The third-order valence-electron chi connectivity index (χ3n) is 2.58. The van der Waals surface area contributed by atoms with Crippen molar-refractivity contribution in [3.63, 3.8) is 0 Å². The van der Waals surface area contributed by atoms with Crippen molar-refractivity contribution in [2.45, 2.75) is 37.3 Å². The fourth-order valence-corrected chi connectivity index (χ4v) is 1.67. The number of hydrogen-bond acceptors (Lipinski definition) is 2. The predicted octanol–water partition coefficient (Wildman–Crippen LogP) is 0.230. The van der Waals surface area contributed by atoms with E-state index in [1.54, 1.807) is 0 Å². The van der Waals surface area contributed by atoms with Crippen LogP contribution in [0.15, 0.2) is 0 Å². The van der Waals surface area contributed by atoms with Crippen LogP contribution < -0.4 is 11.1 Å². The van der Waals surface area contributed by atoms with Crippen LogP contribution in [0.4, 0.5) is 0 Å². The quantitative estimate of drug-likeness (QED) is 0.528. The molecule has 2 nitrogen and oxygen atoms in total. The van der Waals surface area contributed by atoms with E-state index < -0.39 is 0 Å². The number of nitrogens with one attached hydrogen (secondary N) is 1. The van der Waals surface area contributed by atoms with Crippen molar-refractivity contribution in [1.29, 1.82) is 0 Å². The first-order chi connectivity index (χ1) is 4.31. The molecule has 0 spiro atoms. The second-order valence-electron chi connectivity index (χ2n) is 3.38. The van der Waals surface area contributed by atoms with Crippen LogP contribution >= 0.6 is 0 Å². The molecule has 1 aliphatic heterocycles. The topological polar surface area (TPSA) is 38.0 Å². The molecule has 2 aliphatic rings. The molecule has 2 heteroatoms. The molecule has 1 saturated heterocycles. The Morgan fingerprint density at radius 3 is 2.67 bits per heavy atom. The van der Waals surface area contributed by atoms with Gasteiger partial charge in [0.25, 0.3) is 0 Å². The fourth-order valence-electron chi connectivity index (χ4n) is 1.67. The zero-order chi connectivity index (χ0) is 6.32. The summed E-state index contributed by atoms with van der Waals surface area (Å²) in [5.74, 6) is 0. The van der Waals surface area contributed by atoms with Crippen molar-refractivity contribution < 1.29 is 0 Å². The number of nitrogens with two attached hydrogens (primary N) is 1. The van der Waals surface area contributed by atoms with Crippen LogP contribution in [-0.2, 0) is 0 Å². The Hall–Kier alpha value is -0.0800. The predicted molar refractivity (Wildman–Crippen MR) is 37.2 cm³/mol. The molecule has 52 valence electrons. The molecule has 1 saturated carbocycles. The first-order valence-corrected chi connectivity index (χ1v) is 3.83. The van der Waals surface area contributed by atoms with Crippen molar-refractivity contribution in [1.82, 2.24) is 5.32 Å². The SMILES string of the molecule is NC1(C2CCCN2)CC1. The molecule has 1 heterocycles. The number of rotatable bonds is 1. The summed E-state index contributed by atoms with van der Waals surface area (Å²) in [7, 11) is 0. The Kier molecular flexibility index (Phi) is 1.08. The maximum Gasteiger partial charge on any atom is 0.0311 e. The van der Waals surface area contributed by atoms with E-state index >= 15 is 0 Å². The second kappa shape index (κ2) is 1.70. The van der Waals surface area contributed by atoms with Gasteiger partial charge in [-0.05, 0) is 32.2 Å². The minimum atomic E-state index is 0.219. The van der Waals surface area contributed by atoms with Crippen molar-refractivity contribution in [2.75, 3.05) is 6.54 Å². The first-order valence-electron chi connectivity index (χ1n) is 3.83. The minimum Gasteiger partial charge on any atom is -0.324 e. The summed E-state index contributed by atoms with van der Waals surface area (Å²) in [4.78, 5) is 0. The molecule has 2 rings (SSSR count). The third-order valence-corrected chi connectivity index (χ3v) is 2.58. The highest BCUT2D eigenvalue weighted by molar-refractivity contribution is 5.09. The summed E-state index contributed by atoms with van der Waals surface area (Å²) in [5.41, 5.74) is 6.21. The number of hydrogen-bond donors (Lipinski definition) is 2. The van der Waals surface area contributed by atoms with E-state index in [0.29, 0.717) is 6.04 Å². The smallest absolute Gasteiger partial charge is 0.0311 e. The Balaban J connectivity index is 1.97. The maximum atomic E-state index is 5.99. The van der Waals surface area contributed by atoms with E-state index in [0.717, 1.165) is 0 Å². The van der Waals surface area contributed by atoms with Crippen LogP contribution in [0.5, 0.6) is 0 Å². The molecular formula is C7H14N2. The van der Waals surface area contributed by atoms with Gasteiger partial charge in [0, 0.05) is 11.6 Å². The molecule has 2 fully saturated rings. The third kappa shape index (κ3) is 0.864.